The van der Waals surface area contributed by atoms with Crippen LogP contribution in [-0.2, 0) is 4.79 Å². The first kappa shape index (κ1) is 15.4. The van der Waals surface area contributed by atoms with E-state index in [1.54, 1.807) is 0 Å². The molecule has 106 valence electrons. The molecule has 4 nitrogen and oxygen atoms in total. The lowest BCUT2D eigenvalue weighted by Gasteiger charge is -2.42. The van der Waals surface area contributed by atoms with E-state index in [9.17, 15) is 4.79 Å². The summed E-state index contributed by atoms with van der Waals surface area (Å²) in [6.45, 7) is 6.84. The van der Waals surface area contributed by atoms with Crippen molar-refractivity contribution in [3.8, 4) is 0 Å². The van der Waals surface area contributed by atoms with Gasteiger partial charge in [-0.25, -0.2) is 0 Å². The summed E-state index contributed by atoms with van der Waals surface area (Å²) in [6.07, 6.45) is 7.36. The number of rotatable bonds is 6. The molecule has 0 unspecified atom stereocenters. The van der Waals surface area contributed by atoms with Crippen LogP contribution in [0, 0.1) is 0 Å². The molecule has 18 heavy (non-hydrogen) atoms. The van der Waals surface area contributed by atoms with Crippen molar-refractivity contribution in [2.75, 3.05) is 26.2 Å². The van der Waals surface area contributed by atoms with Gasteiger partial charge in [-0.1, -0.05) is 32.6 Å². The Bertz CT molecular complexity index is 247. The number of nitrogens with two attached hydrogens (primary N) is 1. The Kier molecular flexibility index (Phi) is 6.65. The third-order valence-electron chi connectivity index (χ3n) is 4.18. The van der Waals surface area contributed by atoms with Crippen molar-refractivity contribution in [2.45, 2.75) is 57.9 Å². The molecule has 4 heteroatoms. The second kappa shape index (κ2) is 7.74. The van der Waals surface area contributed by atoms with Crippen LogP contribution in [0.3, 0.4) is 0 Å². The first-order valence-electron chi connectivity index (χ1n) is 7.40. The van der Waals surface area contributed by atoms with Gasteiger partial charge in [0.2, 0.25) is 5.91 Å². The van der Waals surface area contributed by atoms with Gasteiger partial charge in [-0.15, -0.1) is 0 Å². The Morgan fingerprint density at radius 1 is 1.22 bits per heavy atom. The molecule has 1 rings (SSSR count). The molecular formula is C14H29N3O. The van der Waals surface area contributed by atoms with E-state index in [-0.39, 0.29) is 11.4 Å². The van der Waals surface area contributed by atoms with Crippen molar-refractivity contribution in [3.63, 3.8) is 0 Å². The summed E-state index contributed by atoms with van der Waals surface area (Å²) >= 11 is 0. The van der Waals surface area contributed by atoms with E-state index in [2.05, 4.69) is 17.1 Å². The fourth-order valence-electron chi connectivity index (χ4n) is 3.08. The maximum Gasteiger partial charge on any atom is 0.234 e. The summed E-state index contributed by atoms with van der Waals surface area (Å²) in [7, 11) is 0. The van der Waals surface area contributed by atoms with Gasteiger partial charge in [0, 0.05) is 18.6 Å². The first-order valence-corrected chi connectivity index (χ1v) is 7.40. The van der Waals surface area contributed by atoms with Gasteiger partial charge in [-0.3, -0.25) is 9.69 Å². The highest BCUT2D eigenvalue weighted by atomic mass is 16.2. The predicted octanol–water partition coefficient (Wildman–Crippen LogP) is 1.50. The molecule has 0 aliphatic heterocycles. The molecule has 0 saturated heterocycles. The number of amides is 1. The van der Waals surface area contributed by atoms with Gasteiger partial charge < -0.3 is 11.1 Å². The van der Waals surface area contributed by atoms with E-state index in [1.165, 1.54) is 25.7 Å². The number of hydrogen-bond acceptors (Lipinski definition) is 3. The van der Waals surface area contributed by atoms with E-state index < -0.39 is 0 Å². The standard InChI is InChI=1S/C14H29N3O/c1-3-16-13(18)11-17(4-2)14(12-15)9-7-5-6-8-10-14/h3-12,15H2,1-2H3,(H,16,18). The average Bonchev–Trinajstić information content (AvgIpc) is 2.62. The van der Waals surface area contributed by atoms with Crippen molar-refractivity contribution in [2.24, 2.45) is 5.73 Å². The number of likely N-dealkylation sites (N-methyl/N-ethyl adjacent to an activating group) is 2. The number of carbonyl (C=O) groups excluding carboxylic acids is 1. The Balaban J connectivity index is 2.71. The van der Waals surface area contributed by atoms with Crippen LogP contribution >= 0.6 is 0 Å². The van der Waals surface area contributed by atoms with Crippen molar-refractivity contribution in [3.05, 3.63) is 0 Å². The zero-order valence-electron chi connectivity index (χ0n) is 12.0. The van der Waals surface area contributed by atoms with Crippen LogP contribution in [0.25, 0.3) is 0 Å². The molecule has 0 heterocycles. The normalized spacial score (nSPS) is 19.6. The van der Waals surface area contributed by atoms with E-state index in [0.717, 1.165) is 19.4 Å². The van der Waals surface area contributed by atoms with Crippen LogP contribution in [0.4, 0.5) is 0 Å². The maximum absolute atomic E-state index is 11.8. The predicted molar refractivity (Wildman–Crippen MR) is 75.4 cm³/mol. The molecule has 0 aromatic heterocycles. The SMILES string of the molecule is CCNC(=O)CN(CC)C1(CN)CCCCCC1. The highest BCUT2D eigenvalue weighted by molar-refractivity contribution is 5.78. The largest absolute Gasteiger partial charge is 0.355 e. The Morgan fingerprint density at radius 3 is 2.28 bits per heavy atom. The molecule has 0 radical (unpaired) electrons. The Hall–Kier alpha value is -0.610. The summed E-state index contributed by atoms with van der Waals surface area (Å²) in [5.74, 6) is 0.122. The molecule has 3 N–H and O–H groups in total. The molecule has 0 bridgehead atoms. The highest BCUT2D eigenvalue weighted by Crippen LogP contribution is 2.31. The lowest BCUT2D eigenvalue weighted by atomic mass is 9.88. The van der Waals surface area contributed by atoms with Crippen molar-refractivity contribution < 1.29 is 4.79 Å². The average molecular weight is 255 g/mol. The molecular weight excluding hydrogens is 226 g/mol. The molecule has 1 saturated carbocycles. The third-order valence-corrected chi connectivity index (χ3v) is 4.18. The second-order valence-electron chi connectivity index (χ2n) is 5.31. The van der Waals surface area contributed by atoms with E-state index in [4.69, 9.17) is 5.73 Å². The van der Waals surface area contributed by atoms with Crippen molar-refractivity contribution in [1.29, 1.82) is 0 Å². The fraction of sp³-hybridized carbons (Fsp3) is 0.929. The zero-order chi connectivity index (χ0) is 13.4. The van der Waals surface area contributed by atoms with Gasteiger partial charge in [-0.05, 0) is 26.3 Å². The fourth-order valence-corrected chi connectivity index (χ4v) is 3.08. The minimum absolute atomic E-state index is 0.0519. The van der Waals surface area contributed by atoms with Crippen molar-refractivity contribution in [1.82, 2.24) is 10.2 Å². The second-order valence-corrected chi connectivity index (χ2v) is 5.31. The molecule has 1 amide bonds. The molecule has 0 aromatic carbocycles. The monoisotopic (exact) mass is 255 g/mol. The number of nitrogens with zero attached hydrogens (tertiary/aromatic N) is 1. The first-order chi connectivity index (χ1) is 8.68. The smallest absolute Gasteiger partial charge is 0.234 e. The molecule has 1 aliphatic carbocycles. The van der Waals surface area contributed by atoms with Crippen LogP contribution in [-0.4, -0.2) is 42.5 Å². The molecule has 0 atom stereocenters. The number of carbonyl (C=O) groups is 1. The number of nitrogens with one attached hydrogen (secondary N) is 1. The molecule has 1 aliphatic rings. The summed E-state index contributed by atoms with van der Waals surface area (Å²) in [5, 5.41) is 2.88. The van der Waals surface area contributed by atoms with Crippen LogP contribution < -0.4 is 11.1 Å². The van der Waals surface area contributed by atoms with Crippen LogP contribution in [0.5, 0.6) is 0 Å². The van der Waals surface area contributed by atoms with Gasteiger partial charge in [-0.2, -0.15) is 0 Å². The van der Waals surface area contributed by atoms with Gasteiger partial charge in [0.1, 0.15) is 0 Å². The van der Waals surface area contributed by atoms with Gasteiger partial charge in [0.15, 0.2) is 0 Å². The topological polar surface area (TPSA) is 58.4 Å². The summed E-state index contributed by atoms with van der Waals surface area (Å²) in [5.41, 5.74) is 6.11. The number of hydrogen-bond donors (Lipinski definition) is 2. The molecule has 0 spiro atoms. The molecule has 0 aromatic rings. The summed E-state index contributed by atoms with van der Waals surface area (Å²) in [6, 6.07) is 0. The van der Waals surface area contributed by atoms with Crippen LogP contribution in [0.15, 0.2) is 0 Å². The van der Waals surface area contributed by atoms with Crippen molar-refractivity contribution >= 4 is 5.91 Å². The lowest BCUT2D eigenvalue weighted by Crippen LogP contribution is -2.56. The van der Waals surface area contributed by atoms with E-state index >= 15 is 0 Å². The zero-order valence-corrected chi connectivity index (χ0v) is 12.0. The quantitative estimate of drug-likeness (QED) is 0.707. The van der Waals surface area contributed by atoms with Crippen LogP contribution in [0.1, 0.15) is 52.4 Å². The lowest BCUT2D eigenvalue weighted by molar-refractivity contribution is -0.123. The molecule has 1 fully saturated rings. The minimum atomic E-state index is 0.0519. The van der Waals surface area contributed by atoms with Crippen LogP contribution in [0.2, 0.25) is 0 Å². The maximum atomic E-state index is 11.8. The Morgan fingerprint density at radius 2 is 1.83 bits per heavy atom. The van der Waals surface area contributed by atoms with Gasteiger partial charge in [0.25, 0.3) is 0 Å². The third kappa shape index (κ3) is 3.95. The van der Waals surface area contributed by atoms with Gasteiger partial charge >= 0.3 is 0 Å². The van der Waals surface area contributed by atoms with E-state index in [1.807, 2.05) is 6.92 Å². The highest BCUT2D eigenvalue weighted by Gasteiger charge is 2.35. The Labute approximate surface area is 111 Å². The summed E-state index contributed by atoms with van der Waals surface area (Å²) in [4.78, 5) is 14.1. The van der Waals surface area contributed by atoms with Gasteiger partial charge in [0.05, 0.1) is 6.54 Å². The van der Waals surface area contributed by atoms with E-state index in [0.29, 0.717) is 19.6 Å². The minimum Gasteiger partial charge on any atom is -0.355 e. The summed E-state index contributed by atoms with van der Waals surface area (Å²) < 4.78 is 0.